The summed E-state index contributed by atoms with van der Waals surface area (Å²) in [5, 5.41) is 0. The zero-order valence-electron chi connectivity index (χ0n) is 25.2. The fourth-order valence-electron chi connectivity index (χ4n) is 4.23. The Morgan fingerprint density at radius 2 is 1.04 bits per heavy atom. The second-order valence-corrected chi connectivity index (χ2v) is 9.62. The topological polar surface area (TPSA) is 141 Å². The molecular formula is C35H30O11. The quantitative estimate of drug-likeness (QED) is 0.0614. The monoisotopic (exact) mass is 626 g/mol. The van der Waals surface area contributed by atoms with E-state index in [9.17, 15) is 24.0 Å². The number of hydrogen-bond donors (Lipinski definition) is 0. The molecule has 0 radical (unpaired) electrons. The molecule has 0 aliphatic rings. The highest BCUT2D eigenvalue weighted by molar-refractivity contribution is 6.41. The van der Waals surface area contributed by atoms with Crippen LogP contribution in [0.4, 0.5) is 0 Å². The van der Waals surface area contributed by atoms with Crippen LogP contribution in [0.3, 0.4) is 0 Å². The number of ether oxygens (including phenoxy) is 6. The minimum atomic E-state index is -1.84. The first-order valence-electron chi connectivity index (χ1n) is 13.9. The summed E-state index contributed by atoms with van der Waals surface area (Å²) in [6.45, 7) is 0.284. The van der Waals surface area contributed by atoms with Gasteiger partial charge in [-0.2, -0.15) is 0 Å². The number of methoxy groups -OCH3 is 3. The molecule has 11 heteroatoms. The van der Waals surface area contributed by atoms with Crippen molar-refractivity contribution >= 4 is 29.5 Å². The van der Waals surface area contributed by atoms with Gasteiger partial charge in [0.25, 0.3) is 12.1 Å². The van der Waals surface area contributed by atoms with Crippen LogP contribution in [-0.2, 0) is 37.0 Å². The van der Waals surface area contributed by atoms with Gasteiger partial charge in [-0.15, -0.1) is 0 Å². The molecule has 0 amide bonds. The molecule has 0 heterocycles. The Morgan fingerprint density at radius 3 is 1.50 bits per heavy atom. The van der Waals surface area contributed by atoms with Crippen LogP contribution in [0.25, 0.3) is 0 Å². The first kappa shape index (κ1) is 33.1. The van der Waals surface area contributed by atoms with Crippen molar-refractivity contribution in [3.8, 4) is 11.5 Å². The standard InChI is InChI=1S/C35H30O11/c1-41-32(38)26-18-24(14-16-28(26)44-20-22-10-6-4-7-11-22)30(36)34(40)46-35(43-3)31(37)25-15-17-29(27(19-25)33(39)42-2)45-21-23-12-8-5-9-13-23/h4-19,35H,20-21H2,1-3H3. The van der Waals surface area contributed by atoms with Crippen molar-refractivity contribution in [1.82, 2.24) is 0 Å². The van der Waals surface area contributed by atoms with E-state index in [0.717, 1.165) is 31.4 Å². The number of esters is 3. The summed E-state index contributed by atoms with van der Waals surface area (Å²) in [5.74, 6) is -4.72. The number of rotatable bonds is 14. The van der Waals surface area contributed by atoms with Gasteiger partial charge in [-0.25, -0.2) is 14.4 Å². The number of Topliss-reactive ketones (excluding diaryl/α,β-unsaturated/α-hetero) is 2. The van der Waals surface area contributed by atoms with Crippen molar-refractivity contribution in [2.75, 3.05) is 21.3 Å². The molecule has 1 unspecified atom stereocenters. The molecule has 0 aromatic heterocycles. The molecule has 46 heavy (non-hydrogen) atoms. The Balaban J connectivity index is 1.49. The van der Waals surface area contributed by atoms with Crippen molar-refractivity contribution < 1.29 is 52.4 Å². The first-order chi connectivity index (χ1) is 22.2. The minimum absolute atomic E-state index is 0.0496. The van der Waals surface area contributed by atoms with Gasteiger partial charge in [0.1, 0.15) is 35.8 Å². The van der Waals surface area contributed by atoms with Gasteiger partial charge >= 0.3 is 17.9 Å². The zero-order valence-corrected chi connectivity index (χ0v) is 25.2. The van der Waals surface area contributed by atoms with E-state index in [-0.39, 0.29) is 47.0 Å². The van der Waals surface area contributed by atoms with E-state index in [4.69, 9.17) is 28.4 Å². The molecule has 236 valence electrons. The molecule has 4 rings (SSSR count). The van der Waals surface area contributed by atoms with E-state index in [0.29, 0.717) is 0 Å². The highest BCUT2D eigenvalue weighted by Crippen LogP contribution is 2.25. The van der Waals surface area contributed by atoms with E-state index in [1.165, 1.54) is 37.4 Å². The van der Waals surface area contributed by atoms with Crippen molar-refractivity contribution in [2.45, 2.75) is 19.5 Å². The molecule has 4 aromatic carbocycles. The van der Waals surface area contributed by atoms with E-state index in [2.05, 4.69) is 0 Å². The smallest absolute Gasteiger partial charge is 0.382 e. The van der Waals surface area contributed by atoms with Gasteiger partial charge in [0.15, 0.2) is 0 Å². The Morgan fingerprint density at radius 1 is 0.587 bits per heavy atom. The molecule has 0 spiro atoms. The number of ketones is 2. The van der Waals surface area contributed by atoms with Gasteiger partial charge in [-0.1, -0.05) is 60.7 Å². The van der Waals surface area contributed by atoms with Gasteiger partial charge in [0, 0.05) is 18.2 Å². The lowest BCUT2D eigenvalue weighted by atomic mass is 10.0. The summed E-state index contributed by atoms with van der Waals surface area (Å²) in [6.07, 6.45) is -1.84. The average Bonchev–Trinajstić information content (AvgIpc) is 3.11. The van der Waals surface area contributed by atoms with Crippen molar-refractivity contribution in [1.29, 1.82) is 0 Å². The molecule has 0 aliphatic heterocycles. The third-order valence-electron chi connectivity index (χ3n) is 6.62. The van der Waals surface area contributed by atoms with Crippen LogP contribution in [0.5, 0.6) is 11.5 Å². The van der Waals surface area contributed by atoms with Crippen LogP contribution in [0, 0.1) is 0 Å². The Hall–Kier alpha value is -5.81. The fraction of sp³-hybridized carbons (Fsp3) is 0.171. The number of benzene rings is 4. The van der Waals surface area contributed by atoms with E-state index >= 15 is 0 Å². The second kappa shape index (κ2) is 15.8. The number of carbonyl (C=O) groups excluding carboxylic acids is 5. The summed E-state index contributed by atoms with van der Waals surface area (Å²) in [4.78, 5) is 64.1. The van der Waals surface area contributed by atoms with Crippen molar-refractivity contribution in [3.05, 3.63) is 130 Å². The van der Waals surface area contributed by atoms with Gasteiger partial charge in [0.2, 0.25) is 5.78 Å². The largest absolute Gasteiger partial charge is 0.488 e. The van der Waals surface area contributed by atoms with Crippen LogP contribution in [0.2, 0.25) is 0 Å². The van der Waals surface area contributed by atoms with E-state index in [1.54, 1.807) is 0 Å². The van der Waals surface area contributed by atoms with Crippen LogP contribution in [0.1, 0.15) is 52.6 Å². The van der Waals surface area contributed by atoms with E-state index in [1.807, 2.05) is 60.7 Å². The van der Waals surface area contributed by atoms with Crippen LogP contribution in [0.15, 0.2) is 97.1 Å². The molecule has 0 saturated heterocycles. The zero-order chi connectivity index (χ0) is 33.1. The molecule has 0 saturated carbocycles. The third kappa shape index (κ3) is 8.21. The van der Waals surface area contributed by atoms with Crippen LogP contribution in [-0.4, -0.2) is 57.1 Å². The van der Waals surface area contributed by atoms with Gasteiger partial charge in [-0.05, 0) is 47.5 Å². The summed E-state index contributed by atoms with van der Waals surface area (Å²) >= 11 is 0. The predicted molar refractivity (Wildman–Crippen MR) is 163 cm³/mol. The lowest BCUT2D eigenvalue weighted by Crippen LogP contribution is -2.32. The molecule has 0 N–H and O–H groups in total. The van der Waals surface area contributed by atoms with Gasteiger partial charge in [-0.3, -0.25) is 9.59 Å². The predicted octanol–water partition coefficient (Wildman–Crippen LogP) is 5.00. The minimum Gasteiger partial charge on any atom is -0.488 e. The van der Waals surface area contributed by atoms with Crippen LogP contribution < -0.4 is 9.47 Å². The molecule has 0 fully saturated rings. The molecule has 11 nitrogen and oxygen atoms in total. The summed E-state index contributed by atoms with van der Waals surface area (Å²) < 4.78 is 31.4. The molecule has 0 bridgehead atoms. The first-order valence-corrected chi connectivity index (χ1v) is 13.9. The Kier molecular flexibility index (Phi) is 11.3. The maximum absolute atomic E-state index is 13.3. The van der Waals surface area contributed by atoms with Gasteiger partial charge in [0.05, 0.1) is 14.2 Å². The SMILES string of the molecule is COC(=O)c1cc(C(=O)C(=O)OC(OC)C(=O)c2ccc(OCc3ccccc3)c(C(=O)OC)c2)ccc1OCc1ccccc1. The molecule has 4 aromatic rings. The average molecular weight is 627 g/mol. The lowest BCUT2D eigenvalue weighted by molar-refractivity contribution is -0.158. The van der Waals surface area contributed by atoms with E-state index < -0.39 is 35.8 Å². The maximum Gasteiger partial charge on any atom is 0.382 e. The van der Waals surface area contributed by atoms with Crippen molar-refractivity contribution in [3.63, 3.8) is 0 Å². The summed E-state index contributed by atoms with van der Waals surface area (Å²) in [5.41, 5.74) is 1.25. The molecule has 1 atom stereocenters. The molecular weight excluding hydrogens is 596 g/mol. The second-order valence-electron chi connectivity index (χ2n) is 9.62. The maximum atomic E-state index is 13.3. The Labute approximate surface area is 264 Å². The molecule has 0 aliphatic carbocycles. The summed E-state index contributed by atoms with van der Waals surface area (Å²) in [7, 11) is 3.44. The summed E-state index contributed by atoms with van der Waals surface area (Å²) in [6, 6.07) is 26.2. The lowest BCUT2D eigenvalue weighted by Gasteiger charge is -2.16. The number of carbonyl (C=O) groups is 5. The van der Waals surface area contributed by atoms with Crippen molar-refractivity contribution in [2.24, 2.45) is 0 Å². The van der Waals surface area contributed by atoms with Crippen LogP contribution >= 0.6 is 0 Å². The highest BCUT2D eigenvalue weighted by Gasteiger charge is 2.30. The normalized spacial score (nSPS) is 11.1. The highest BCUT2D eigenvalue weighted by atomic mass is 16.7. The third-order valence-corrected chi connectivity index (χ3v) is 6.62. The number of hydrogen-bond acceptors (Lipinski definition) is 11. The Bertz CT molecular complexity index is 1720. The fourth-order valence-corrected chi connectivity index (χ4v) is 4.23. The van der Waals surface area contributed by atoms with Gasteiger partial charge < -0.3 is 28.4 Å².